The molecule has 0 aliphatic carbocycles. The predicted molar refractivity (Wildman–Crippen MR) is 70.0 cm³/mol. The molecule has 0 aromatic carbocycles. The van der Waals surface area contributed by atoms with Gasteiger partial charge < -0.3 is 10.2 Å². The van der Waals surface area contributed by atoms with Crippen molar-refractivity contribution in [3.8, 4) is 0 Å². The number of hydrogen-bond donors (Lipinski definition) is 1. The fourth-order valence-corrected chi connectivity index (χ4v) is 2.17. The van der Waals surface area contributed by atoms with E-state index in [0.29, 0.717) is 17.9 Å². The first-order chi connectivity index (χ1) is 7.15. The van der Waals surface area contributed by atoms with Crippen molar-refractivity contribution in [3.05, 3.63) is 0 Å². The van der Waals surface area contributed by atoms with Crippen molar-refractivity contribution in [2.24, 2.45) is 5.92 Å². The van der Waals surface area contributed by atoms with Gasteiger partial charge in [0.1, 0.15) is 0 Å². The number of nitrogens with zero attached hydrogens (tertiary/aromatic N) is 1. The smallest absolute Gasteiger partial charge is 0.222 e. The third-order valence-electron chi connectivity index (χ3n) is 3.07. The topological polar surface area (TPSA) is 32.3 Å². The Bertz CT molecular complexity index is 209. The van der Waals surface area contributed by atoms with Gasteiger partial charge in [-0.2, -0.15) is 0 Å². The van der Waals surface area contributed by atoms with E-state index in [2.05, 4.69) is 24.1 Å². The number of likely N-dealkylation sites (tertiary alicyclic amines) is 1. The van der Waals surface area contributed by atoms with Gasteiger partial charge in [0.05, 0.1) is 0 Å². The van der Waals surface area contributed by atoms with Crippen LogP contribution in [0, 0.1) is 5.92 Å². The van der Waals surface area contributed by atoms with E-state index in [0.717, 1.165) is 32.4 Å². The third-order valence-corrected chi connectivity index (χ3v) is 3.07. The van der Waals surface area contributed by atoms with Gasteiger partial charge in [0.2, 0.25) is 5.91 Å². The van der Waals surface area contributed by atoms with Gasteiger partial charge in [-0.3, -0.25) is 4.79 Å². The zero-order valence-electron chi connectivity index (χ0n) is 10.7. The van der Waals surface area contributed by atoms with Gasteiger partial charge in [-0.05, 0) is 32.2 Å². The lowest BCUT2D eigenvalue weighted by Crippen LogP contribution is -2.40. The Balaban J connectivity index is 0.00000225. The van der Waals surface area contributed by atoms with Crippen LogP contribution < -0.4 is 5.32 Å². The standard InChI is InChI=1S/C12H24N2O.ClH/c1-10(2)6-7-12(15)14-8-4-5-11(14)9-13-3;/h10-11,13H,4-9H2,1-3H3;1H. The highest BCUT2D eigenvalue weighted by atomic mass is 35.5. The van der Waals surface area contributed by atoms with E-state index in [9.17, 15) is 4.79 Å². The van der Waals surface area contributed by atoms with Crippen molar-refractivity contribution in [1.29, 1.82) is 0 Å². The maximum atomic E-state index is 11.9. The number of carbonyl (C=O) groups excluding carboxylic acids is 1. The van der Waals surface area contributed by atoms with Crippen molar-refractivity contribution < 1.29 is 4.79 Å². The number of amides is 1. The van der Waals surface area contributed by atoms with E-state index >= 15 is 0 Å². The lowest BCUT2D eigenvalue weighted by Gasteiger charge is -2.24. The molecule has 1 amide bonds. The second-order valence-corrected chi connectivity index (χ2v) is 4.87. The Morgan fingerprint density at radius 2 is 2.19 bits per heavy atom. The van der Waals surface area contributed by atoms with Gasteiger partial charge in [-0.15, -0.1) is 12.4 Å². The number of nitrogens with one attached hydrogen (secondary N) is 1. The Labute approximate surface area is 105 Å². The SMILES string of the molecule is CNCC1CCCN1C(=O)CCC(C)C.Cl. The molecule has 1 aliphatic heterocycles. The zero-order chi connectivity index (χ0) is 11.3. The molecule has 0 aromatic heterocycles. The van der Waals surface area contributed by atoms with Crippen LogP contribution in [0.1, 0.15) is 39.5 Å². The Hall–Kier alpha value is -0.280. The van der Waals surface area contributed by atoms with Gasteiger partial charge in [-0.1, -0.05) is 13.8 Å². The second-order valence-electron chi connectivity index (χ2n) is 4.87. The van der Waals surface area contributed by atoms with E-state index < -0.39 is 0 Å². The number of hydrogen-bond acceptors (Lipinski definition) is 2. The average Bonchev–Trinajstić information content (AvgIpc) is 2.63. The van der Waals surface area contributed by atoms with Crippen LogP contribution in [0.5, 0.6) is 0 Å². The first-order valence-corrected chi connectivity index (χ1v) is 6.09. The van der Waals surface area contributed by atoms with Gasteiger partial charge >= 0.3 is 0 Å². The molecule has 1 saturated heterocycles. The van der Waals surface area contributed by atoms with Crippen LogP contribution in [0.2, 0.25) is 0 Å². The van der Waals surface area contributed by atoms with Gasteiger partial charge in [0, 0.05) is 25.6 Å². The summed E-state index contributed by atoms with van der Waals surface area (Å²) in [6, 6.07) is 0.440. The number of halogens is 1. The van der Waals surface area contributed by atoms with E-state index in [1.165, 1.54) is 6.42 Å². The minimum atomic E-state index is 0. The van der Waals surface area contributed by atoms with Gasteiger partial charge in [0.25, 0.3) is 0 Å². The van der Waals surface area contributed by atoms with Crippen LogP contribution in [0.3, 0.4) is 0 Å². The van der Waals surface area contributed by atoms with E-state index in [1.54, 1.807) is 0 Å². The molecule has 1 aliphatic rings. The predicted octanol–water partition coefficient (Wildman–Crippen LogP) is 2.05. The molecule has 1 N–H and O–H groups in total. The molecule has 4 heteroatoms. The van der Waals surface area contributed by atoms with Crippen LogP contribution in [0.15, 0.2) is 0 Å². The molecule has 1 unspecified atom stereocenters. The van der Waals surface area contributed by atoms with E-state index in [1.807, 2.05) is 7.05 Å². The summed E-state index contributed by atoms with van der Waals surface area (Å²) in [4.78, 5) is 14.0. The maximum Gasteiger partial charge on any atom is 0.222 e. The number of likely N-dealkylation sites (N-methyl/N-ethyl adjacent to an activating group) is 1. The van der Waals surface area contributed by atoms with Crippen LogP contribution in [0.25, 0.3) is 0 Å². The molecule has 96 valence electrons. The highest BCUT2D eigenvalue weighted by Gasteiger charge is 2.27. The Morgan fingerprint density at radius 1 is 1.50 bits per heavy atom. The molecule has 0 bridgehead atoms. The lowest BCUT2D eigenvalue weighted by atomic mass is 10.1. The monoisotopic (exact) mass is 248 g/mol. The summed E-state index contributed by atoms with van der Waals surface area (Å²) in [7, 11) is 1.95. The summed E-state index contributed by atoms with van der Waals surface area (Å²) in [6.45, 7) is 6.24. The Kier molecular flexibility index (Phi) is 7.77. The molecule has 0 spiro atoms. The minimum Gasteiger partial charge on any atom is -0.338 e. The first-order valence-electron chi connectivity index (χ1n) is 6.09. The molecule has 0 radical (unpaired) electrons. The van der Waals surface area contributed by atoms with Crippen molar-refractivity contribution >= 4 is 18.3 Å². The largest absolute Gasteiger partial charge is 0.338 e. The Morgan fingerprint density at radius 3 is 2.75 bits per heavy atom. The van der Waals surface area contributed by atoms with Gasteiger partial charge in [-0.25, -0.2) is 0 Å². The highest BCUT2D eigenvalue weighted by molar-refractivity contribution is 5.85. The van der Waals surface area contributed by atoms with Crippen LogP contribution >= 0.6 is 12.4 Å². The number of carbonyl (C=O) groups is 1. The van der Waals surface area contributed by atoms with Crippen molar-refractivity contribution in [3.63, 3.8) is 0 Å². The fourth-order valence-electron chi connectivity index (χ4n) is 2.17. The zero-order valence-corrected chi connectivity index (χ0v) is 11.5. The first kappa shape index (κ1) is 15.7. The second kappa shape index (κ2) is 7.91. The normalized spacial score (nSPS) is 20.0. The van der Waals surface area contributed by atoms with Crippen LogP contribution in [-0.4, -0.2) is 37.0 Å². The molecule has 16 heavy (non-hydrogen) atoms. The van der Waals surface area contributed by atoms with Crippen LogP contribution in [-0.2, 0) is 4.79 Å². The molecule has 0 saturated carbocycles. The fraction of sp³-hybridized carbons (Fsp3) is 0.917. The molecule has 1 heterocycles. The summed E-state index contributed by atoms with van der Waals surface area (Å²) in [5.74, 6) is 0.973. The molecular weight excluding hydrogens is 224 g/mol. The highest BCUT2D eigenvalue weighted by Crippen LogP contribution is 2.18. The van der Waals surface area contributed by atoms with Crippen molar-refractivity contribution in [1.82, 2.24) is 10.2 Å². The molecule has 3 nitrogen and oxygen atoms in total. The molecule has 1 atom stereocenters. The maximum absolute atomic E-state index is 11.9. The summed E-state index contributed by atoms with van der Waals surface area (Å²) in [5, 5.41) is 3.17. The van der Waals surface area contributed by atoms with E-state index in [-0.39, 0.29) is 12.4 Å². The summed E-state index contributed by atoms with van der Waals surface area (Å²) >= 11 is 0. The molecular formula is C12H25ClN2O. The van der Waals surface area contributed by atoms with Crippen LogP contribution in [0.4, 0.5) is 0 Å². The third kappa shape index (κ3) is 4.71. The lowest BCUT2D eigenvalue weighted by molar-refractivity contribution is -0.132. The number of rotatable bonds is 5. The molecule has 0 aromatic rings. The minimum absolute atomic E-state index is 0. The summed E-state index contributed by atoms with van der Waals surface area (Å²) in [5.41, 5.74) is 0. The molecule has 1 fully saturated rings. The molecule has 1 rings (SSSR count). The van der Waals surface area contributed by atoms with Gasteiger partial charge in [0.15, 0.2) is 0 Å². The van der Waals surface area contributed by atoms with Crippen molar-refractivity contribution in [2.45, 2.75) is 45.6 Å². The average molecular weight is 249 g/mol. The van der Waals surface area contributed by atoms with Crippen molar-refractivity contribution in [2.75, 3.05) is 20.1 Å². The summed E-state index contributed by atoms with van der Waals surface area (Å²) in [6.07, 6.45) is 4.06. The van der Waals surface area contributed by atoms with E-state index in [4.69, 9.17) is 0 Å². The summed E-state index contributed by atoms with van der Waals surface area (Å²) < 4.78 is 0. The quantitative estimate of drug-likeness (QED) is 0.808.